The van der Waals surface area contributed by atoms with Crippen LogP contribution >= 0.6 is 22.9 Å². The Balaban J connectivity index is 1.61. The summed E-state index contributed by atoms with van der Waals surface area (Å²) in [6.45, 7) is 0.463. The number of nitrogens with one attached hydrogen (secondary N) is 1. The van der Waals surface area contributed by atoms with E-state index in [1.807, 2.05) is 60.0 Å². The molecule has 0 saturated carbocycles. The second-order valence-corrected chi connectivity index (χ2v) is 7.34. The normalized spacial score (nSPS) is 16.2. The number of anilines is 1. The van der Waals surface area contributed by atoms with Crippen LogP contribution in [0, 0.1) is 0 Å². The van der Waals surface area contributed by atoms with E-state index in [1.54, 1.807) is 11.3 Å². The van der Waals surface area contributed by atoms with E-state index in [4.69, 9.17) is 16.3 Å². The van der Waals surface area contributed by atoms with Crippen LogP contribution in [0.15, 0.2) is 60.0 Å². The number of hydrogen-bond donors (Lipinski definition) is 1. The molecule has 4 rings (SSSR count). The molecule has 0 aliphatic carbocycles. The molecule has 2 aromatic carbocycles. The highest BCUT2D eigenvalue weighted by Crippen LogP contribution is 2.43. The predicted octanol–water partition coefficient (Wildman–Crippen LogP) is 5.45. The maximum absolute atomic E-state index is 12.1. The zero-order valence-corrected chi connectivity index (χ0v) is 14.9. The summed E-state index contributed by atoms with van der Waals surface area (Å²) < 4.78 is 6.07. The van der Waals surface area contributed by atoms with E-state index >= 15 is 0 Å². The van der Waals surface area contributed by atoms with Crippen LogP contribution in [0.25, 0.3) is 0 Å². The lowest BCUT2D eigenvalue weighted by atomic mass is 9.90. The molecule has 1 N–H and O–H groups in total. The molecular formula is C20H16ClNO2S. The van der Waals surface area contributed by atoms with Gasteiger partial charge in [-0.3, -0.25) is 4.79 Å². The average Bonchev–Trinajstić information content (AvgIpc) is 3.09. The fourth-order valence-electron chi connectivity index (χ4n) is 3.07. The molecule has 0 fully saturated rings. The molecule has 126 valence electrons. The van der Waals surface area contributed by atoms with E-state index in [0.717, 1.165) is 22.6 Å². The van der Waals surface area contributed by atoms with Gasteiger partial charge in [-0.15, -0.1) is 11.3 Å². The average molecular weight is 370 g/mol. The van der Waals surface area contributed by atoms with E-state index in [1.165, 1.54) is 4.88 Å². The van der Waals surface area contributed by atoms with Crippen molar-refractivity contribution in [1.82, 2.24) is 0 Å². The Bertz CT molecular complexity index is 904. The van der Waals surface area contributed by atoms with E-state index in [0.29, 0.717) is 18.1 Å². The minimum absolute atomic E-state index is 0.0326. The Labute approximate surface area is 155 Å². The van der Waals surface area contributed by atoms with Crippen LogP contribution < -0.4 is 10.1 Å². The number of halogens is 1. The van der Waals surface area contributed by atoms with Crippen LogP contribution in [-0.4, -0.2) is 5.91 Å². The lowest BCUT2D eigenvalue weighted by Gasteiger charge is -2.24. The molecular weight excluding hydrogens is 354 g/mol. The van der Waals surface area contributed by atoms with Gasteiger partial charge in [0.1, 0.15) is 12.4 Å². The standard InChI is InChI=1S/C20H16ClNO2S/c21-14-7-5-13(6-8-14)12-24-18-4-2-1-3-15(18)16-11-19(23)22-17-9-10-25-20(16)17/h1-10,16H,11-12H2,(H,22,23)/t16-/m0/s1. The Kier molecular flexibility index (Phi) is 4.47. The molecule has 1 atom stereocenters. The Hall–Kier alpha value is -2.30. The number of carbonyl (C=O) groups excluding carboxylic acids is 1. The molecule has 25 heavy (non-hydrogen) atoms. The molecule has 0 saturated heterocycles. The molecule has 0 spiro atoms. The number of carbonyl (C=O) groups is 1. The van der Waals surface area contributed by atoms with Gasteiger partial charge < -0.3 is 10.1 Å². The number of fused-ring (bicyclic) bond motifs is 1. The molecule has 0 bridgehead atoms. The highest BCUT2D eigenvalue weighted by atomic mass is 35.5. The van der Waals surface area contributed by atoms with Gasteiger partial charge in [-0.2, -0.15) is 0 Å². The van der Waals surface area contributed by atoms with Crippen molar-refractivity contribution in [1.29, 1.82) is 0 Å². The van der Waals surface area contributed by atoms with Gasteiger partial charge in [-0.1, -0.05) is 41.9 Å². The van der Waals surface area contributed by atoms with Crippen LogP contribution in [0.1, 0.15) is 28.3 Å². The van der Waals surface area contributed by atoms with Crippen molar-refractivity contribution in [3.8, 4) is 5.75 Å². The van der Waals surface area contributed by atoms with Gasteiger partial charge in [-0.05, 0) is 35.2 Å². The van der Waals surface area contributed by atoms with E-state index in [-0.39, 0.29) is 11.8 Å². The largest absolute Gasteiger partial charge is 0.489 e. The van der Waals surface area contributed by atoms with Gasteiger partial charge in [0.25, 0.3) is 0 Å². The number of para-hydroxylation sites is 1. The monoisotopic (exact) mass is 369 g/mol. The quantitative estimate of drug-likeness (QED) is 0.663. The third-order valence-electron chi connectivity index (χ3n) is 4.28. The number of ether oxygens (including phenoxy) is 1. The molecule has 1 aromatic heterocycles. The number of hydrogen-bond acceptors (Lipinski definition) is 3. The van der Waals surface area contributed by atoms with Crippen molar-refractivity contribution in [3.63, 3.8) is 0 Å². The SMILES string of the molecule is O=C1C[C@@H](c2ccccc2OCc2ccc(Cl)cc2)c2sccc2N1. The van der Waals surface area contributed by atoms with Crippen molar-refractivity contribution in [2.24, 2.45) is 0 Å². The highest BCUT2D eigenvalue weighted by molar-refractivity contribution is 7.10. The Morgan fingerprint density at radius 1 is 1.12 bits per heavy atom. The summed E-state index contributed by atoms with van der Waals surface area (Å²) in [6.07, 6.45) is 0.439. The van der Waals surface area contributed by atoms with Gasteiger partial charge in [-0.25, -0.2) is 0 Å². The second kappa shape index (κ2) is 6.90. The summed E-state index contributed by atoms with van der Waals surface area (Å²) in [7, 11) is 0. The fourth-order valence-corrected chi connectivity index (χ4v) is 4.16. The van der Waals surface area contributed by atoms with Crippen molar-refractivity contribution in [3.05, 3.63) is 81.0 Å². The fraction of sp³-hybridized carbons (Fsp3) is 0.150. The lowest BCUT2D eigenvalue weighted by molar-refractivity contribution is -0.116. The molecule has 5 heteroatoms. The summed E-state index contributed by atoms with van der Waals surface area (Å²) in [5, 5.41) is 5.67. The van der Waals surface area contributed by atoms with Crippen molar-refractivity contribution < 1.29 is 9.53 Å². The predicted molar refractivity (Wildman–Crippen MR) is 102 cm³/mol. The third kappa shape index (κ3) is 3.41. The third-order valence-corrected chi connectivity index (χ3v) is 5.56. The van der Waals surface area contributed by atoms with Gasteiger partial charge >= 0.3 is 0 Å². The van der Waals surface area contributed by atoms with Crippen LogP contribution in [0.2, 0.25) is 5.02 Å². The van der Waals surface area contributed by atoms with Crippen LogP contribution in [0.4, 0.5) is 5.69 Å². The number of rotatable bonds is 4. The topological polar surface area (TPSA) is 38.3 Å². The minimum Gasteiger partial charge on any atom is -0.489 e. The highest BCUT2D eigenvalue weighted by Gasteiger charge is 2.29. The molecule has 0 radical (unpaired) electrons. The molecule has 3 aromatic rings. The first kappa shape index (κ1) is 16.2. The van der Waals surface area contributed by atoms with Crippen molar-refractivity contribution in [2.75, 3.05) is 5.32 Å². The second-order valence-electron chi connectivity index (χ2n) is 5.96. The van der Waals surface area contributed by atoms with Gasteiger partial charge in [0, 0.05) is 27.8 Å². The summed E-state index contributed by atoms with van der Waals surface area (Å²) in [5.74, 6) is 0.894. The number of thiophene rings is 1. The number of amides is 1. The molecule has 0 unspecified atom stereocenters. The van der Waals surface area contributed by atoms with Crippen LogP contribution in [0.3, 0.4) is 0 Å². The maximum atomic E-state index is 12.1. The first-order valence-electron chi connectivity index (χ1n) is 8.04. The first-order chi connectivity index (χ1) is 12.2. The van der Waals surface area contributed by atoms with Gasteiger partial charge in [0.2, 0.25) is 5.91 Å². The Morgan fingerprint density at radius 3 is 2.76 bits per heavy atom. The Morgan fingerprint density at radius 2 is 1.92 bits per heavy atom. The lowest BCUT2D eigenvalue weighted by Crippen LogP contribution is -2.22. The van der Waals surface area contributed by atoms with Crippen molar-refractivity contribution in [2.45, 2.75) is 18.9 Å². The minimum atomic E-state index is 0.0326. The van der Waals surface area contributed by atoms with Crippen LogP contribution in [0.5, 0.6) is 5.75 Å². The summed E-state index contributed by atoms with van der Waals surface area (Å²) >= 11 is 7.60. The summed E-state index contributed by atoms with van der Waals surface area (Å²) in [6, 6.07) is 17.5. The van der Waals surface area contributed by atoms with E-state index < -0.39 is 0 Å². The van der Waals surface area contributed by atoms with Gasteiger partial charge in [0.15, 0.2) is 0 Å². The van der Waals surface area contributed by atoms with Crippen LogP contribution in [-0.2, 0) is 11.4 Å². The molecule has 2 heterocycles. The zero-order chi connectivity index (χ0) is 17.2. The smallest absolute Gasteiger partial charge is 0.225 e. The molecule has 1 amide bonds. The summed E-state index contributed by atoms with van der Waals surface area (Å²) in [4.78, 5) is 13.3. The number of benzene rings is 2. The van der Waals surface area contributed by atoms with E-state index in [2.05, 4.69) is 5.32 Å². The summed E-state index contributed by atoms with van der Waals surface area (Å²) in [5.41, 5.74) is 3.02. The van der Waals surface area contributed by atoms with E-state index in [9.17, 15) is 4.79 Å². The first-order valence-corrected chi connectivity index (χ1v) is 9.30. The van der Waals surface area contributed by atoms with Crippen molar-refractivity contribution >= 4 is 34.5 Å². The zero-order valence-electron chi connectivity index (χ0n) is 13.4. The maximum Gasteiger partial charge on any atom is 0.225 e. The van der Waals surface area contributed by atoms with Gasteiger partial charge in [0.05, 0.1) is 5.69 Å². The molecule has 3 nitrogen and oxygen atoms in total. The molecule has 1 aliphatic rings. The molecule has 1 aliphatic heterocycles.